The predicted octanol–water partition coefficient (Wildman–Crippen LogP) is 1.82. The molecule has 0 radical (unpaired) electrons. The van der Waals surface area contributed by atoms with Crippen LogP contribution < -0.4 is 15.8 Å². The van der Waals surface area contributed by atoms with Crippen LogP contribution in [0, 0.1) is 6.92 Å². The summed E-state index contributed by atoms with van der Waals surface area (Å²) in [6.07, 6.45) is 3.08. The van der Waals surface area contributed by atoms with Crippen LogP contribution in [-0.4, -0.2) is 33.9 Å². The van der Waals surface area contributed by atoms with Gasteiger partial charge in [0, 0.05) is 12.2 Å². The minimum Gasteiger partial charge on any atom is -0.324 e. The molecule has 134 valence electrons. The lowest BCUT2D eigenvalue weighted by molar-refractivity contribution is -0.117. The van der Waals surface area contributed by atoms with Crippen LogP contribution >= 0.6 is 11.8 Å². The van der Waals surface area contributed by atoms with Gasteiger partial charge in [-0.2, -0.15) is 5.10 Å². The number of thioether (sulfide) groups is 1. The van der Waals surface area contributed by atoms with E-state index in [4.69, 9.17) is 0 Å². The molecule has 0 atom stereocenters. The van der Waals surface area contributed by atoms with Gasteiger partial charge in [-0.15, -0.1) is 18.3 Å². The van der Waals surface area contributed by atoms with Crippen molar-refractivity contribution >= 4 is 35.0 Å². The molecule has 0 unspecified atom stereocenters. The molecule has 0 aliphatic carbocycles. The van der Waals surface area contributed by atoms with Gasteiger partial charge >= 0.3 is 0 Å². The number of carbonyl (C=O) groups is 2. The highest BCUT2D eigenvalue weighted by Gasteiger charge is 2.28. The van der Waals surface area contributed by atoms with Crippen molar-refractivity contribution in [1.29, 1.82) is 0 Å². The molecule has 1 aliphatic rings. The zero-order valence-electron chi connectivity index (χ0n) is 14.3. The van der Waals surface area contributed by atoms with Gasteiger partial charge in [-0.3, -0.25) is 14.4 Å². The molecule has 8 heteroatoms. The van der Waals surface area contributed by atoms with Crippen LogP contribution in [-0.2, 0) is 16.1 Å². The largest absolute Gasteiger partial charge is 0.324 e. The Bertz CT molecular complexity index is 921. The van der Waals surface area contributed by atoms with E-state index < -0.39 is 5.56 Å². The number of amides is 2. The van der Waals surface area contributed by atoms with Gasteiger partial charge in [-0.05, 0) is 19.1 Å². The maximum Gasteiger partial charge on any atom is 0.292 e. The second-order valence-corrected chi connectivity index (χ2v) is 6.83. The van der Waals surface area contributed by atoms with E-state index in [1.807, 2.05) is 19.1 Å². The molecule has 2 heterocycles. The number of hydrogen-bond acceptors (Lipinski definition) is 5. The third kappa shape index (κ3) is 3.70. The first kappa shape index (κ1) is 17.9. The minimum absolute atomic E-state index is 0.165. The van der Waals surface area contributed by atoms with Gasteiger partial charge in [0.15, 0.2) is 0 Å². The molecule has 3 rings (SSSR count). The van der Waals surface area contributed by atoms with E-state index in [0.29, 0.717) is 10.6 Å². The highest BCUT2D eigenvalue weighted by Crippen LogP contribution is 2.31. The lowest BCUT2D eigenvalue weighted by atomic mass is 10.2. The standard InChI is InChI=1S/C18H18N4O3S/c1-3-8-21-16(24)11-26-14-9-19-22(18(25)17(14)21)10-15(23)20-13-6-4-12(2)5-7-13/h3-7,9H,1,8,10-11H2,2H3,(H,20,23). The van der Waals surface area contributed by atoms with Gasteiger partial charge < -0.3 is 10.2 Å². The minimum atomic E-state index is -0.469. The highest BCUT2D eigenvalue weighted by atomic mass is 32.2. The van der Waals surface area contributed by atoms with E-state index in [-0.39, 0.29) is 36.3 Å². The Morgan fingerprint density at radius 3 is 2.77 bits per heavy atom. The Hall–Kier alpha value is -2.87. The molecule has 0 bridgehead atoms. The molecule has 1 aliphatic heterocycles. The molecule has 0 saturated heterocycles. The van der Waals surface area contributed by atoms with Gasteiger partial charge in [-0.1, -0.05) is 23.8 Å². The Kier molecular flexibility index (Phi) is 5.22. The molecule has 0 spiro atoms. The summed E-state index contributed by atoms with van der Waals surface area (Å²) >= 11 is 1.27. The molecule has 1 N–H and O–H groups in total. The molecule has 2 amide bonds. The Labute approximate surface area is 154 Å². The van der Waals surface area contributed by atoms with E-state index >= 15 is 0 Å². The molecule has 7 nitrogen and oxygen atoms in total. The molecular formula is C18H18N4O3S. The Morgan fingerprint density at radius 2 is 2.08 bits per heavy atom. The van der Waals surface area contributed by atoms with Crippen LogP contribution in [0.2, 0.25) is 0 Å². The maximum absolute atomic E-state index is 12.8. The summed E-state index contributed by atoms with van der Waals surface area (Å²) in [6.45, 7) is 5.58. The predicted molar refractivity (Wildman–Crippen MR) is 102 cm³/mol. The average molecular weight is 370 g/mol. The fourth-order valence-electron chi connectivity index (χ4n) is 2.57. The number of benzene rings is 1. The third-order valence-electron chi connectivity index (χ3n) is 3.85. The topological polar surface area (TPSA) is 84.3 Å². The molecule has 1 aromatic heterocycles. The van der Waals surface area contributed by atoms with Crippen molar-refractivity contribution in [3.05, 3.63) is 59.0 Å². The summed E-state index contributed by atoms with van der Waals surface area (Å²) in [4.78, 5) is 39.1. The number of anilines is 2. The first-order valence-corrected chi connectivity index (χ1v) is 8.99. The third-order valence-corrected chi connectivity index (χ3v) is 4.85. The van der Waals surface area contributed by atoms with Gasteiger partial charge in [0.1, 0.15) is 12.2 Å². The second-order valence-electron chi connectivity index (χ2n) is 5.82. The van der Waals surface area contributed by atoms with Gasteiger partial charge in [0.25, 0.3) is 5.56 Å². The SMILES string of the molecule is C=CCN1C(=O)CSc2cnn(CC(=O)Nc3ccc(C)cc3)c(=O)c21. The van der Waals surface area contributed by atoms with E-state index in [9.17, 15) is 14.4 Å². The van der Waals surface area contributed by atoms with Crippen LogP contribution in [0.1, 0.15) is 5.56 Å². The maximum atomic E-state index is 12.8. The number of nitrogens with one attached hydrogen (secondary N) is 1. The number of nitrogens with zero attached hydrogens (tertiary/aromatic N) is 3. The fraction of sp³-hybridized carbons (Fsp3) is 0.222. The lowest BCUT2D eigenvalue weighted by Gasteiger charge is -2.27. The van der Waals surface area contributed by atoms with Crippen molar-refractivity contribution in [3.8, 4) is 0 Å². The number of rotatable bonds is 5. The van der Waals surface area contributed by atoms with Crippen LogP contribution in [0.3, 0.4) is 0 Å². The zero-order valence-corrected chi connectivity index (χ0v) is 15.1. The first-order chi connectivity index (χ1) is 12.5. The van der Waals surface area contributed by atoms with Crippen molar-refractivity contribution in [1.82, 2.24) is 9.78 Å². The van der Waals surface area contributed by atoms with Crippen molar-refractivity contribution in [3.63, 3.8) is 0 Å². The monoisotopic (exact) mass is 370 g/mol. The molecule has 26 heavy (non-hydrogen) atoms. The molecule has 2 aromatic rings. The number of aromatic nitrogens is 2. The summed E-state index contributed by atoms with van der Waals surface area (Å²) < 4.78 is 1.07. The fourth-order valence-corrected chi connectivity index (χ4v) is 3.46. The first-order valence-electron chi connectivity index (χ1n) is 8.00. The van der Waals surface area contributed by atoms with Crippen molar-refractivity contribution in [2.24, 2.45) is 0 Å². The summed E-state index contributed by atoms with van der Waals surface area (Å²) in [5, 5.41) is 6.80. The number of fused-ring (bicyclic) bond motifs is 1. The van der Waals surface area contributed by atoms with Gasteiger partial charge in [0.2, 0.25) is 11.8 Å². The summed E-state index contributed by atoms with van der Waals surface area (Å²) in [5.74, 6) is -0.283. The lowest BCUT2D eigenvalue weighted by Crippen LogP contribution is -2.42. The Morgan fingerprint density at radius 1 is 1.35 bits per heavy atom. The van der Waals surface area contributed by atoms with Crippen LogP contribution in [0.5, 0.6) is 0 Å². The summed E-state index contributed by atoms with van der Waals surface area (Å²) in [7, 11) is 0. The van der Waals surface area contributed by atoms with Crippen LogP contribution in [0.15, 0.2) is 52.8 Å². The summed E-state index contributed by atoms with van der Waals surface area (Å²) in [6, 6.07) is 7.35. The van der Waals surface area contributed by atoms with Gasteiger partial charge in [0.05, 0.1) is 16.8 Å². The second kappa shape index (κ2) is 7.57. The normalized spacial score (nSPS) is 13.3. The molecular weight excluding hydrogens is 352 g/mol. The molecule has 1 aromatic carbocycles. The van der Waals surface area contributed by atoms with Crippen molar-refractivity contribution in [2.45, 2.75) is 18.4 Å². The number of carbonyl (C=O) groups excluding carboxylic acids is 2. The van der Waals surface area contributed by atoms with Gasteiger partial charge in [-0.25, -0.2) is 4.68 Å². The number of aryl methyl sites for hydroxylation is 1. The molecule has 0 saturated carbocycles. The Balaban J connectivity index is 1.84. The number of hydrogen-bond donors (Lipinski definition) is 1. The van der Waals surface area contributed by atoms with E-state index in [1.54, 1.807) is 18.2 Å². The zero-order chi connectivity index (χ0) is 18.7. The average Bonchev–Trinajstić information content (AvgIpc) is 2.62. The quantitative estimate of drug-likeness (QED) is 0.812. The van der Waals surface area contributed by atoms with E-state index in [1.165, 1.54) is 22.9 Å². The van der Waals surface area contributed by atoms with E-state index in [2.05, 4.69) is 17.0 Å². The highest BCUT2D eigenvalue weighted by molar-refractivity contribution is 8.00. The van der Waals surface area contributed by atoms with Crippen molar-refractivity contribution < 1.29 is 9.59 Å². The summed E-state index contributed by atoms with van der Waals surface area (Å²) in [5.41, 5.74) is 1.51. The van der Waals surface area contributed by atoms with E-state index in [0.717, 1.165) is 10.2 Å². The smallest absolute Gasteiger partial charge is 0.292 e. The van der Waals surface area contributed by atoms with Crippen LogP contribution in [0.25, 0.3) is 0 Å². The van der Waals surface area contributed by atoms with Crippen LogP contribution in [0.4, 0.5) is 11.4 Å². The molecule has 0 fully saturated rings. The van der Waals surface area contributed by atoms with Crippen molar-refractivity contribution in [2.75, 3.05) is 22.5 Å².